The molecular formula is C9H16N2O3S. The van der Waals surface area contributed by atoms with Crippen molar-refractivity contribution in [2.45, 2.75) is 49.9 Å². The molecule has 1 aliphatic carbocycles. The second kappa shape index (κ2) is 2.95. The standard InChI is InChI=1S/C9H16N2O3S/c1-9(2)8(12)11(15(9,13)14)7-5-3-4-6(7)10/h6-7H,3-5,10H2,1-2H3. The number of carbonyl (C=O) groups is 1. The van der Waals surface area contributed by atoms with Gasteiger partial charge in [-0.2, -0.15) is 0 Å². The van der Waals surface area contributed by atoms with Crippen molar-refractivity contribution in [3.8, 4) is 0 Å². The summed E-state index contributed by atoms with van der Waals surface area (Å²) in [6.07, 6.45) is 2.39. The Balaban J connectivity index is 2.30. The monoisotopic (exact) mass is 232 g/mol. The van der Waals surface area contributed by atoms with Gasteiger partial charge >= 0.3 is 0 Å². The van der Waals surface area contributed by atoms with Crippen molar-refractivity contribution in [1.82, 2.24) is 4.31 Å². The van der Waals surface area contributed by atoms with Gasteiger partial charge in [0.05, 0.1) is 6.04 Å². The van der Waals surface area contributed by atoms with Gasteiger partial charge in [0.15, 0.2) is 4.75 Å². The minimum Gasteiger partial charge on any atom is -0.326 e. The highest BCUT2D eigenvalue weighted by atomic mass is 32.2. The van der Waals surface area contributed by atoms with Gasteiger partial charge in [0.1, 0.15) is 0 Å². The molecule has 1 saturated heterocycles. The fourth-order valence-corrected chi connectivity index (χ4v) is 4.02. The molecule has 0 aromatic carbocycles. The first-order valence-corrected chi connectivity index (χ1v) is 6.58. The second-order valence-corrected chi connectivity index (χ2v) is 7.14. The van der Waals surface area contributed by atoms with Crippen LogP contribution in [-0.2, 0) is 14.8 Å². The molecule has 2 unspecified atom stereocenters. The van der Waals surface area contributed by atoms with E-state index in [0.717, 1.165) is 17.1 Å². The Labute approximate surface area is 89.7 Å². The van der Waals surface area contributed by atoms with Crippen LogP contribution in [0.15, 0.2) is 0 Å². The Morgan fingerprint density at radius 3 is 2.40 bits per heavy atom. The quantitative estimate of drug-likeness (QED) is 0.680. The highest BCUT2D eigenvalue weighted by Crippen LogP contribution is 2.40. The van der Waals surface area contributed by atoms with Crippen molar-refractivity contribution in [2.24, 2.45) is 5.73 Å². The average molecular weight is 232 g/mol. The molecule has 2 fully saturated rings. The molecule has 2 rings (SSSR count). The van der Waals surface area contributed by atoms with Crippen LogP contribution in [-0.4, -0.2) is 35.5 Å². The fourth-order valence-electron chi connectivity index (χ4n) is 2.28. The Kier molecular flexibility index (Phi) is 2.14. The Morgan fingerprint density at radius 1 is 1.40 bits per heavy atom. The number of hydrogen-bond acceptors (Lipinski definition) is 4. The Morgan fingerprint density at radius 2 is 2.00 bits per heavy atom. The molecule has 0 bridgehead atoms. The van der Waals surface area contributed by atoms with Crippen molar-refractivity contribution in [3.05, 3.63) is 0 Å². The third-order valence-corrected chi connectivity index (χ3v) is 5.87. The SMILES string of the molecule is CC1(C)C(=O)N(C2CCCC2N)S1(=O)=O. The first-order valence-electron chi connectivity index (χ1n) is 5.14. The third kappa shape index (κ3) is 1.18. The number of nitrogens with two attached hydrogens (primary N) is 1. The van der Waals surface area contributed by atoms with Crippen LogP contribution < -0.4 is 5.73 Å². The number of carbonyl (C=O) groups excluding carboxylic acids is 1. The van der Waals surface area contributed by atoms with Crippen molar-refractivity contribution >= 4 is 15.9 Å². The summed E-state index contributed by atoms with van der Waals surface area (Å²) in [5.74, 6) is -0.315. The lowest BCUT2D eigenvalue weighted by atomic mass is 10.1. The molecule has 0 aromatic rings. The summed E-state index contributed by atoms with van der Waals surface area (Å²) in [6.45, 7) is 2.89. The number of sulfonamides is 1. The molecule has 0 radical (unpaired) electrons. The van der Waals surface area contributed by atoms with Gasteiger partial charge in [-0.15, -0.1) is 0 Å². The topological polar surface area (TPSA) is 80.5 Å². The molecule has 86 valence electrons. The first-order chi connectivity index (χ1) is 6.80. The van der Waals surface area contributed by atoms with Crippen LogP contribution in [0.4, 0.5) is 0 Å². The van der Waals surface area contributed by atoms with E-state index in [-0.39, 0.29) is 18.0 Å². The number of amides is 1. The molecule has 0 spiro atoms. The van der Waals surface area contributed by atoms with Crippen molar-refractivity contribution < 1.29 is 13.2 Å². The van der Waals surface area contributed by atoms with Crippen molar-refractivity contribution in [3.63, 3.8) is 0 Å². The van der Waals surface area contributed by atoms with Crippen LogP contribution in [0.25, 0.3) is 0 Å². The summed E-state index contributed by atoms with van der Waals surface area (Å²) >= 11 is 0. The minimum absolute atomic E-state index is 0.195. The normalized spacial score (nSPS) is 37.8. The van der Waals surface area contributed by atoms with Gasteiger partial charge in [0.2, 0.25) is 0 Å². The van der Waals surface area contributed by atoms with Gasteiger partial charge < -0.3 is 5.73 Å². The van der Waals surface area contributed by atoms with Crippen molar-refractivity contribution in [2.75, 3.05) is 0 Å². The van der Waals surface area contributed by atoms with Gasteiger partial charge in [-0.25, -0.2) is 12.7 Å². The van der Waals surface area contributed by atoms with E-state index in [1.807, 2.05) is 0 Å². The fraction of sp³-hybridized carbons (Fsp3) is 0.889. The average Bonchev–Trinajstić information content (AvgIpc) is 2.52. The van der Waals surface area contributed by atoms with E-state index < -0.39 is 14.8 Å². The van der Waals surface area contributed by atoms with Crippen molar-refractivity contribution in [1.29, 1.82) is 0 Å². The van der Waals surface area contributed by atoms with Crippen LogP contribution >= 0.6 is 0 Å². The predicted octanol–water partition coefficient (Wildman–Crippen LogP) is -0.183. The lowest BCUT2D eigenvalue weighted by Crippen LogP contribution is -2.71. The molecule has 5 nitrogen and oxygen atoms in total. The van der Waals surface area contributed by atoms with E-state index in [9.17, 15) is 13.2 Å². The summed E-state index contributed by atoms with van der Waals surface area (Å²) < 4.78 is 23.5. The summed E-state index contributed by atoms with van der Waals surface area (Å²) in [5.41, 5.74) is 5.80. The van der Waals surface area contributed by atoms with Gasteiger partial charge in [-0.1, -0.05) is 0 Å². The highest BCUT2D eigenvalue weighted by molar-refractivity contribution is 7.94. The second-order valence-electron chi connectivity index (χ2n) is 4.78. The molecule has 2 aliphatic rings. The molecule has 1 amide bonds. The molecule has 2 atom stereocenters. The molecule has 1 aliphatic heterocycles. The highest BCUT2D eigenvalue weighted by Gasteiger charge is 2.63. The Hall–Kier alpha value is -0.620. The molecule has 1 heterocycles. The maximum Gasteiger partial charge on any atom is 0.259 e. The van der Waals surface area contributed by atoms with E-state index >= 15 is 0 Å². The zero-order valence-corrected chi connectivity index (χ0v) is 9.75. The lowest BCUT2D eigenvalue weighted by molar-refractivity contribution is -0.134. The number of nitrogens with zero attached hydrogens (tertiary/aromatic N) is 1. The Bertz CT molecular complexity index is 402. The largest absolute Gasteiger partial charge is 0.326 e. The smallest absolute Gasteiger partial charge is 0.259 e. The van der Waals surface area contributed by atoms with E-state index in [2.05, 4.69) is 0 Å². The van der Waals surface area contributed by atoms with Crippen LogP contribution in [0, 0.1) is 0 Å². The van der Waals surface area contributed by atoms with Crippen LogP contribution in [0.3, 0.4) is 0 Å². The summed E-state index contributed by atoms with van der Waals surface area (Å²) in [5, 5.41) is 0. The maximum atomic E-state index is 11.9. The molecule has 1 saturated carbocycles. The first kappa shape index (κ1) is 10.9. The van der Waals surface area contributed by atoms with Crippen LogP contribution in [0.1, 0.15) is 33.1 Å². The minimum atomic E-state index is -3.46. The molecule has 6 heteroatoms. The maximum absolute atomic E-state index is 11.9. The number of hydrogen-bond donors (Lipinski definition) is 1. The molecule has 15 heavy (non-hydrogen) atoms. The predicted molar refractivity (Wildman–Crippen MR) is 55.5 cm³/mol. The lowest BCUT2D eigenvalue weighted by Gasteiger charge is -2.47. The third-order valence-electron chi connectivity index (χ3n) is 3.45. The summed E-state index contributed by atoms with van der Waals surface area (Å²) in [4.78, 5) is 11.7. The van der Waals surface area contributed by atoms with E-state index in [4.69, 9.17) is 5.73 Å². The van der Waals surface area contributed by atoms with E-state index in [0.29, 0.717) is 6.42 Å². The van der Waals surface area contributed by atoms with Crippen LogP contribution in [0.2, 0.25) is 0 Å². The molecule has 0 aromatic heterocycles. The van der Waals surface area contributed by atoms with Crippen LogP contribution in [0.5, 0.6) is 0 Å². The molecular weight excluding hydrogens is 216 g/mol. The van der Waals surface area contributed by atoms with Gasteiger partial charge in [-0.3, -0.25) is 4.79 Å². The van der Waals surface area contributed by atoms with E-state index in [1.165, 1.54) is 13.8 Å². The van der Waals surface area contributed by atoms with E-state index in [1.54, 1.807) is 0 Å². The zero-order chi connectivity index (χ0) is 11.4. The van der Waals surface area contributed by atoms with Gasteiger partial charge in [0, 0.05) is 6.04 Å². The molecule has 2 N–H and O–H groups in total. The number of rotatable bonds is 1. The summed E-state index contributed by atoms with van der Waals surface area (Å²) in [7, 11) is -3.46. The van der Waals surface area contributed by atoms with Gasteiger partial charge in [0.25, 0.3) is 15.9 Å². The summed E-state index contributed by atoms with van der Waals surface area (Å²) in [6, 6.07) is -0.504. The van der Waals surface area contributed by atoms with Gasteiger partial charge in [-0.05, 0) is 33.1 Å². The zero-order valence-electron chi connectivity index (χ0n) is 8.93.